The van der Waals surface area contributed by atoms with Crippen molar-refractivity contribution in [2.75, 3.05) is 32.1 Å². The zero-order chi connectivity index (χ0) is 14.0. The van der Waals surface area contributed by atoms with E-state index in [9.17, 15) is 5.11 Å². The molecule has 3 nitrogen and oxygen atoms in total. The maximum Gasteiger partial charge on any atom is 0.0762 e. The molecule has 0 radical (unpaired) electrons. The Labute approximate surface area is 124 Å². The molecular weight excluding hydrogens is 304 g/mol. The maximum atomic E-state index is 9.62. The largest absolute Gasteiger partial charge is 0.389 e. The highest BCUT2D eigenvalue weighted by atomic mass is 79.9. The van der Waals surface area contributed by atoms with Gasteiger partial charge in [0.2, 0.25) is 0 Å². The van der Waals surface area contributed by atoms with Gasteiger partial charge in [0, 0.05) is 24.1 Å². The first-order valence-corrected chi connectivity index (χ1v) is 7.67. The Morgan fingerprint density at radius 2 is 2.21 bits per heavy atom. The summed E-state index contributed by atoms with van der Waals surface area (Å²) in [5.41, 5.74) is 2.15. The third-order valence-electron chi connectivity index (χ3n) is 3.98. The van der Waals surface area contributed by atoms with Crippen molar-refractivity contribution in [1.29, 1.82) is 0 Å². The number of anilines is 1. The molecule has 0 spiro atoms. The highest BCUT2D eigenvalue weighted by Crippen LogP contribution is 2.31. The number of rotatable bonds is 3. The number of likely N-dealkylation sites (N-methyl/N-ethyl adjacent to an activating group) is 2. The van der Waals surface area contributed by atoms with E-state index in [0.29, 0.717) is 6.04 Å². The molecule has 0 aromatic heterocycles. The molecule has 0 saturated carbocycles. The molecule has 1 aliphatic heterocycles. The summed E-state index contributed by atoms with van der Waals surface area (Å²) in [6.45, 7) is 4.11. The number of nitrogens with zero attached hydrogens (tertiary/aromatic N) is 2. The molecule has 1 saturated heterocycles. The van der Waals surface area contributed by atoms with Crippen LogP contribution in [-0.2, 0) is 0 Å². The summed E-state index contributed by atoms with van der Waals surface area (Å²) >= 11 is 3.63. The van der Waals surface area contributed by atoms with E-state index in [4.69, 9.17) is 0 Å². The predicted molar refractivity (Wildman–Crippen MR) is 83.7 cm³/mol. The maximum absolute atomic E-state index is 9.62. The van der Waals surface area contributed by atoms with Gasteiger partial charge in [-0.05, 0) is 67.0 Å². The Morgan fingerprint density at radius 1 is 1.47 bits per heavy atom. The van der Waals surface area contributed by atoms with Gasteiger partial charge in [-0.15, -0.1) is 0 Å². The lowest BCUT2D eigenvalue weighted by Crippen LogP contribution is -2.45. The molecule has 106 valence electrons. The lowest BCUT2D eigenvalue weighted by atomic mass is 10.0. The first-order valence-electron chi connectivity index (χ1n) is 6.88. The number of benzene rings is 1. The van der Waals surface area contributed by atoms with Crippen LogP contribution in [0.1, 0.15) is 31.4 Å². The molecule has 1 fully saturated rings. The third kappa shape index (κ3) is 3.50. The van der Waals surface area contributed by atoms with Crippen LogP contribution in [0.3, 0.4) is 0 Å². The second-order valence-corrected chi connectivity index (χ2v) is 6.41. The molecule has 1 heterocycles. The van der Waals surface area contributed by atoms with Crippen molar-refractivity contribution >= 4 is 21.6 Å². The molecule has 1 N–H and O–H groups in total. The average molecular weight is 327 g/mol. The minimum absolute atomic E-state index is 0.420. The lowest BCUT2D eigenvalue weighted by Gasteiger charge is -2.37. The fraction of sp³-hybridized carbons (Fsp3) is 0.600. The number of hydrogen-bond donors (Lipinski definition) is 1. The zero-order valence-electron chi connectivity index (χ0n) is 11.9. The van der Waals surface area contributed by atoms with E-state index in [0.717, 1.165) is 16.6 Å². The van der Waals surface area contributed by atoms with Crippen LogP contribution in [0.4, 0.5) is 5.69 Å². The Bertz CT molecular complexity index is 436. The molecule has 2 unspecified atom stereocenters. The molecule has 4 heteroatoms. The van der Waals surface area contributed by atoms with Crippen LogP contribution in [0, 0.1) is 0 Å². The van der Waals surface area contributed by atoms with Gasteiger partial charge in [0.15, 0.2) is 0 Å². The standard InChI is InChI=1S/C15H23BrN2O/c1-11(19)12-6-7-15(14(16)9-12)18(3)13-5-4-8-17(2)10-13/h6-7,9,11,13,19H,4-5,8,10H2,1-3H3. The third-order valence-corrected chi connectivity index (χ3v) is 4.62. The van der Waals surface area contributed by atoms with Crippen LogP contribution >= 0.6 is 15.9 Å². The Morgan fingerprint density at radius 3 is 2.79 bits per heavy atom. The number of hydrogen-bond acceptors (Lipinski definition) is 3. The zero-order valence-corrected chi connectivity index (χ0v) is 13.5. The smallest absolute Gasteiger partial charge is 0.0762 e. The van der Waals surface area contributed by atoms with Crippen molar-refractivity contribution in [3.05, 3.63) is 28.2 Å². The molecule has 19 heavy (non-hydrogen) atoms. The van der Waals surface area contributed by atoms with E-state index < -0.39 is 6.10 Å². The van der Waals surface area contributed by atoms with Gasteiger partial charge < -0.3 is 14.9 Å². The predicted octanol–water partition coefficient (Wildman–Crippen LogP) is 3.03. The highest BCUT2D eigenvalue weighted by molar-refractivity contribution is 9.10. The van der Waals surface area contributed by atoms with Crippen molar-refractivity contribution in [1.82, 2.24) is 4.90 Å². The van der Waals surface area contributed by atoms with Gasteiger partial charge in [0.05, 0.1) is 11.8 Å². The van der Waals surface area contributed by atoms with Crippen LogP contribution in [0.2, 0.25) is 0 Å². The van der Waals surface area contributed by atoms with Crippen molar-refractivity contribution < 1.29 is 5.11 Å². The van der Waals surface area contributed by atoms with Gasteiger partial charge >= 0.3 is 0 Å². The van der Waals surface area contributed by atoms with Gasteiger partial charge in [0.1, 0.15) is 0 Å². The van der Waals surface area contributed by atoms with Crippen LogP contribution in [0.25, 0.3) is 0 Å². The van der Waals surface area contributed by atoms with E-state index in [1.807, 2.05) is 12.1 Å². The van der Waals surface area contributed by atoms with Crippen LogP contribution in [-0.4, -0.2) is 43.2 Å². The lowest BCUT2D eigenvalue weighted by molar-refractivity contribution is 0.199. The Balaban J connectivity index is 2.16. The first kappa shape index (κ1) is 14.8. The van der Waals surface area contributed by atoms with E-state index in [-0.39, 0.29) is 0 Å². The number of aliphatic hydroxyl groups is 1. The molecule has 1 aromatic carbocycles. The first-order chi connectivity index (χ1) is 8.99. The Hall–Kier alpha value is -0.580. The van der Waals surface area contributed by atoms with Gasteiger partial charge in [-0.25, -0.2) is 0 Å². The second kappa shape index (κ2) is 6.25. The van der Waals surface area contributed by atoms with Crippen molar-refractivity contribution in [2.24, 2.45) is 0 Å². The quantitative estimate of drug-likeness (QED) is 0.924. The van der Waals surface area contributed by atoms with E-state index in [2.05, 4.69) is 45.9 Å². The van der Waals surface area contributed by atoms with Gasteiger partial charge in [-0.1, -0.05) is 6.07 Å². The summed E-state index contributed by atoms with van der Waals surface area (Å²) in [5.74, 6) is 0. The summed E-state index contributed by atoms with van der Waals surface area (Å²) < 4.78 is 1.06. The van der Waals surface area contributed by atoms with Crippen LogP contribution in [0.15, 0.2) is 22.7 Å². The topological polar surface area (TPSA) is 26.7 Å². The minimum Gasteiger partial charge on any atom is -0.389 e. The second-order valence-electron chi connectivity index (χ2n) is 5.56. The number of likely N-dealkylation sites (tertiary alicyclic amines) is 1. The number of piperidine rings is 1. The van der Waals surface area contributed by atoms with Gasteiger partial charge in [-0.2, -0.15) is 0 Å². The normalized spacial score (nSPS) is 22.3. The number of halogens is 1. The molecule has 0 aliphatic carbocycles. The molecule has 1 aliphatic rings. The van der Waals surface area contributed by atoms with E-state index in [1.54, 1.807) is 6.92 Å². The monoisotopic (exact) mass is 326 g/mol. The SMILES string of the molecule is CC(O)c1ccc(N(C)C2CCCN(C)C2)c(Br)c1. The molecule has 1 aromatic rings. The average Bonchev–Trinajstić information content (AvgIpc) is 2.37. The molecule has 0 amide bonds. The summed E-state index contributed by atoms with van der Waals surface area (Å²) in [6, 6.07) is 6.69. The van der Waals surface area contributed by atoms with Gasteiger partial charge in [0.25, 0.3) is 0 Å². The van der Waals surface area contributed by atoms with Crippen molar-refractivity contribution in [2.45, 2.75) is 31.9 Å². The highest BCUT2D eigenvalue weighted by Gasteiger charge is 2.22. The summed E-state index contributed by atoms with van der Waals surface area (Å²) in [5, 5.41) is 9.62. The molecule has 0 bridgehead atoms. The summed E-state index contributed by atoms with van der Waals surface area (Å²) in [4.78, 5) is 4.74. The summed E-state index contributed by atoms with van der Waals surface area (Å²) in [7, 11) is 4.34. The van der Waals surface area contributed by atoms with Gasteiger partial charge in [-0.3, -0.25) is 0 Å². The molecule has 2 atom stereocenters. The van der Waals surface area contributed by atoms with Crippen molar-refractivity contribution in [3.8, 4) is 0 Å². The fourth-order valence-electron chi connectivity index (χ4n) is 2.72. The minimum atomic E-state index is -0.420. The van der Waals surface area contributed by atoms with Crippen molar-refractivity contribution in [3.63, 3.8) is 0 Å². The van der Waals surface area contributed by atoms with E-state index in [1.165, 1.54) is 25.1 Å². The van der Waals surface area contributed by atoms with E-state index >= 15 is 0 Å². The van der Waals surface area contributed by atoms with Crippen LogP contribution in [0.5, 0.6) is 0 Å². The fourth-order valence-corrected chi connectivity index (χ4v) is 3.40. The number of aliphatic hydroxyl groups excluding tert-OH is 1. The van der Waals surface area contributed by atoms with Crippen LogP contribution < -0.4 is 4.90 Å². The molecular formula is C15H23BrN2O. The molecule has 2 rings (SSSR count). The summed E-state index contributed by atoms with van der Waals surface area (Å²) in [6.07, 6.45) is 2.08. The Kier molecular flexibility index (Phi) is 4.87.